The Morgan fingerprint density at radius 2 is 2.22 bits per heavy atom. The molecule has 0 bridgehead atoms. The first-order valence-corrected chi connectivity index (χ1v) is 5.96. The van der Waals surface area contributed by atoms with Crippen molar-refractivity contribution in [2.75, 3.05) is 25.7 Å². The molecule has 0 aromatic carbocycles. The highest BCUT2D eigenvalue weighted by Crippen LogP contribution is 2.25. The fourth-order valence-electron chi connectivity index (χ4n) is 2.19. The van der Waals surface area contributed by atoms with Crippen LogP contribution in [0.4, 0.5) is 5.82 Å². The lowest BCUT2D eigenvalue weighted by molar-refractivity contribution is -0.142. The summed E-state index contributed by atoms with van der Waals surface area (Å²) in [5.41, 5.74) is 0. The lowest BCUT2D eigenvalue weighted by Crippen LogP contribution is -2.45. The standard InChI is InChI=1S/C12H17N3O3/c1-17-11-7-10(13-8-14-11)15-6-4-3-5-9(15)12(16)18-2/h7-9H,3-6H2,1-2H3. The van der Waals surface area contributed by atoms with E-state index in [1.54, 1.807) is 13.2 Å². The summed E-state index contributed by atoms with van der Waals surface area (Å²) in [5, 5.41) is 0. The van der Waals surface area contributed by atoms with Crippen molar-refractivity contribution in [2.45, 2.75) is 25.3 Å². The van der Waals surface area contributed by atoms with Gasteiger partial charge in [-0.1, -0.05) is 0 Å². The van der Waals surface area contributed by atoms with Crippen LogP contribution >= 0.6 is 0 Å². The Morgan fingerprint density at radius 1 is 1.39 bits per heavy atom. The Morgan fingerprint density at radius 3 is 2.94 bits per heavy atom. The summed E-state index contributed by atoms with van der Waals surface area (Å²) in [7, 11) is 2.97. The number of rotatable bonds is 3. The lowest BCUT2D eigenvalue weighted by atomic mass is 10.0. The maximum absolute atomic E-state index is 11.8. The Kier molecular flexibility index (Phi) is 3.96. The molecule has 98 valence electrons. The zero-order valence-corrected chi connectivity index (χ0v) is 10.6. The van der Waals surface area contributed by atoms with Crippen LogP contribution in [0.1, 0.15) is 19.3 Å². The molecular weight excluding hydrogens is 234 g/mol. The molecule has 6 heteroatoms. The second kappa shape index (κ2) is 5.66. The Hall–Kier alpha value is -1.85. The van der Waals surface area contributed by atoms with Crippen LogP contribution in [0.3, 0.4) is 0 Å². The van der Waals surface area contributed by atoms with Crippen LogP contribution in [-0.4, -0.2) is 42.7 Å². The SMILES string of the molecule is COC(=O)C1CCCCN1c1cc(OC)ncn1. The van der Waals surface area contributed by atoms with Crippen LogP contribution in [0.5, 0.6) is 5.88 Å². The predicted octanol–water partition coefficient (Wildman–Crippen LogP) is 1.02. The van der Waals surface area contributed by atoms with Crippen molar-refractivity contribution >= 4 is 11.8 Å². The minimum Gasteiger partial charge on any atom is -0.481 e. The molecule has 0 amide bonds. The molecule has 1 aliphatic heterocycles. The molecule has 2 rings (SSSR count). The van der Waals surface area contributed by atoms with Crippen LogP contribution in [0.2, 0.25) is 0 Å². The van der Waals surface area contributed by atoms with E-state index in [-0.39, 0.29) is 12.0 Å². The van der Waals surface area contributed by atoms with E-state index in [4.69, 9.17) is 9.47 Å². The van der Waals surface area contributed by atoms with Gasteiger partial charge < -0.3 is 14.4 Å². The van der Waals surface area contributed by atoms with Crippen LogP contribution in [0.25, 0.3) is 0 Å². The molecule has 2 heterocycles. The minimum absolute atomic E-state index is 0.215. The summed E-state index contributed by atoms with van der Waals surface area (Å²) in [6.07, 6.45) is 4.30. The molecule has 1 aromatic heterocycles. The highest BCUT2D eigenvalue weighted by Gasteiger charge is 2.30. The number of methoxy groups -OCH3 is 2. The first-order valence-electron chi connectivity index (χ1n) is 5.96. The smallest absolute Gasteiger partial charge is 0.328 e. The van der Waals surface area contributed by atoms with Gasteiger partial charge in [0.05, 0.1) is 14.2 Å². The largest absolute Gasteiger partial charge is 0.481 e. The van der Waals surface area contributed by atoms with E-state index < -0.39 is 0 Å². The van der Waals surface area contributed by atoms with Crippen LogP contribution in [0.15, 0.2) is 12.4 Å². The van der Waals surface area contributed by atoms with Crippen LogP contribution in [-0.2, 0) is 9.53 Å². The van der Waals surface area contributed by atoms with Crippen molar-refractivity contribution in [3.8, 4) is 5.88 Å². The normalized spacial score (nSPS) is 19.4. The molecule has 1 saturated heterocycles. The van der Waals surface area contributed by atoms with Crippen molar-refractivity contribution in [3.05, 3.63) is 12.4 Å². The van der Waals surface area contributed by atoms with E-state index >= 15 is 0 Å². The number of piperidine rings is 1. The van der Waals surface area contributed by atoms with Gasteiger partial charge in [0.1, 0.15) is 18.2 Å². The monoisotopic (exact) mass is 251 g/mol. The molecule has 0 aliphatic carbocycles. The van der Waals surface area contributed by atoms with E-state index in [1.807, 2.05) is 4.90 Å². The molecule has 1 fully saturated rings. The van der Waals surface area contributed by atoms with Gasteiger partial charge in [-0.05, 0) is 19.3 Å². The maximum Gasteiger partial charge on any atom is 0.328 e. The van der Waals surface area contributed by atoms with Gasteiger partial charge in [0, 0.05) is 12.6 Å². The molecule has 1 unspecified atom stereocenters. The van der Waals surface area contributed by atoms with Crippen LogP contribution in [0, 0.1) is 0 Å². The third-order valence-electron chi connectivity index (χ3n) is 3.11. The number of hydrogen-bond acceptors (Lipinski definition) is 6. The van der Waals surface area contributed by atoms with Crippen molar-refractivity contribution in [1.29, 1.82) is 0 Å². The molecule has 18 heavy (non-hydrogen) atoms. The van der Waals surface area contributed by atoms with E-state index in [1.165, 1.54) is 13.4 Å². The summed E-state index contributed by atoms with van der Waals surface area (Å²) in [6.45, 7) is 0.792. The predicted molar refractivity (Wildman–Crippen MR) is 65.6 cm³/mol. The summed E-state index contributed by atoms with van der Waals surface area (Å²) in [6, 6.07) is 1.48. The van der Waals surface area contributed by atoms with E-state index in [0.29, 0.717) is 11.7 Å². The van der Waals surface area contributed by atoms with Crippen molar-refractivity contribution in [3.63, 3.8) is 0 Å². The number of carbonyl (C=O) groups is 1. The highest BCUT2D eigenvalue weighted by atomic mass is 16.5. The van der Waals surface area contributed by atoms with E-state index in [9.17, 15) is 4.79 Å². The third-order valence-corrected chi connectivity index (χ3v) is 3.11. The number of esters is 1. The number of hydrogen-bond donors (Lipinski definition) is 0. The van der Waals surface area contributed by atoms with Gasteiger partial charge in [0.2, 0.25) is 5.88 Å². The van der Waals surface area contributed by atoms with Crippen molar-refractivity contribution < 1.29 is 14.3 Å². The van der Waals surface area contributed by atoms with Crippen molar-refractivity contribution in [2.24, 2.45) is 0 Å². The Labute approximate surface area is 106 Å². The van der Waals surface area contributed by atoms with E-state index in [0.717, 1.165) is 25.8 Å². The number of anilines is 1. The molecule has 0 N–H and O–H groups in total. The Bertz CT molecular complexity index is 425. The summed E-state index contributed by atoms with van der Waals surface area (Å²) >= 11 is 0. The van der Waals surface area contributed by atoms with Gasteiger partial charge in [-0.2, -0.15) is 0 Å². The van der Waals surface area contributed by atoms with E-state index in [2.05, 4.69) is 9.97 Å². The minimum atomic E-state index is -0.261. The number of ether oxygens (including phenoxy) is 2. The van der Waals surface area contributed by atoms with Gasteiger partial charge in [-0.15, -0.1) is 0 Å². The fraction of sp³-hybridized carbons (Fsp3) is 0.583. The fourth-order valence-corrected chi connectivity index (χ4v) is 2.19. The maximum atomic E-state index is 11.8. The molecule has 1 atom stereocenters. The number of nitrogens with zero attached hydrogens (tertiary/aromatic N) is 3. The topological polar surface area (TPSA) is 64.5 Å². The lowest BCUT2D eigenvalue weighted by Gasteiger charge is -2.34. The molecule has 0 spiro atoms. The van der Waals surface area contributed by atoms with Gasteiger partial charge >= 0.3 is 5.97 Å². The summed E-state index contributed by atoms with van der Waals surface area (Å²) < 4.78 is 9.92. The molecular formula is C12H17N3O3. The first-order chi connectivity index (χ1) is 8.76. The zero-order chi connectivity index (χ0) is 13.0. The number of carbonyl (C=O) groups excluding carboxylic acids is 1. The van der Waals surface area contributed by atoms with Gasteiger partial charge in [0.15, 0.2) is 0 Å². The second-order valence-corrected chi connectivity index (χ2v) is 4.15. The zero-order valence-electron chi connectivity index (χ0n) is 10.6. The summed E-state index contributed by atoms with van der Waals surface area (Å²) in [4.78, 5) is 21.9. The average molecular weight is 251 g/mol. The molecule has 1 aliphatic rings. The second-order valence-electron chi connectivity index (χ2n) is 4.15. The first kappa shape index (κ1) is 12.6. The molecule has 0 radical (unpaired) electrons. The molecule has 6 nitrogen and oxygen atoms in total. The molecule has 0 saturated carbocycles. The quantitative estimate of drug-likeness (QED) is 0.747. The van der Waals surface area contributed by atoms with Gasteiger partial charge in [-0.3, -0.25) is 0 Å². The van der Waals surface area contributed by atoms with Crippen molar-refractivity contribution in [1.82, 2.24) is 9.97 Å². The van der Waals surface area contributed by atoms with Gasteiger partial charge in [-0.25, -0.2) is 14.8 Å². The average Bonchev–Trinajstić information content (AvgIpc) is 2.46. The third kappa shape index (κ3) is 2.52. The number of aromatic nitrogens is 2. The molecule has 1 aromatic rings. The van der Waals surface area contributed by atoms with Crippen LogP contribution < -0.4 is 9.64 Å². The highest BCUT2D eigenvalue weighted by molar-refractivity contribution is 5.79. The summed E-state index contributed by atoms with van der Waals surface area (Å²) in [5.74, 6) is 0.985. The van der Waals surface area contributed by atoms with Gasteiger partial charge in [0.25, 0.3) is 0 Å². The Balaban J connectivity index is 2.24.